The lowest BCUT2D eigenvalue weighted by molar-refractivity contribution is -0.115. The van der Waals surface area contributed by atoms with Crippen molar-refractivity contribution in [2.24, 2.45) is 0 Å². The van der Waals surface area contributed by atoms with Gasteiger partial charge < -0.3 is 10.1 Å². The Bertz CT molecular complexity index is 928. The van der Waals surface area contributed by atoms with Crippen LogP contribution in [0.1, 0.15) is 12.5 Å². The highest BCUT2D eigenvalue weighted by atomic mass is 35.5. The number of ether oxygens (including phenoxy) is 1. The van der Waals surface area contributed by atoms with E-state index in [1.807, 2.05) is 0 Å². The third-order valence-electron chi connectivity index (χ3n) is 3.68. The van der Waals surface area contributed by atoms with E-state index in [4.69, 9.17) is 16.3 Å². The Morgan fingerprint density at radius 3 is 2.56 bits per heavy atom. The van der Waals surface area contributed by atoms with E-state index in [-0.39, 0.29) is 39.9 Å². The number of hydrogen-bond acceptors (Lipinski definition) is 4. The summed E-state index contributed by atoms with van der Waals surface area (Å²) < 4.78 is 45.3. The van der Waals surface area contributed by atoms with Crippen molar-refractivity contribution in [2.45, 2.75) is 18.2 Å². The first-order valence-electron chi connectivity index (χ1n) is 8.09. The lowest BCUT2D eigenvalue weighted by atomic mass is 10.1. The fraction of sp³-hybridized carbons (Fsp3) is 0.278. The Hall–Kier alpha value is -2.16. The van der Waals surface area contributed by atoms with E-state index in [1.54, 1.807) is 6.92 Å². The van der Waals surface area contributed by atoms with Crippen LogP contribution in [0.4, 0.5) is 10.1 Å². The Morgan fingerprint density at radius 2 is 1.96 bits per heavy atom. The Balaban J connectivity index is 2.30. The molecule has 0 aliphatic heterocycles. The minimum Gasteiger partial charge on any atom is -0.492 e. The fourth-order valence-corrected chi connectivity index (χ4v) is 3.61. The molecule has 27 heavy (non-hydrogen) atoms. The maximum Gasteiger partial charge on any atom is 0.246 e. The maximum atomic E-state index is 13.8. The molecule has 146 valence electrons. The van der Waals surface area contributed by atoms with E-state index in [1.165, 1.54) is 50.5 Å². The van der Waals surface area contributed by atoms with Crippen molar-refractivity contribution in [1.29, 1.82) is 0 Å². The van der Waals surface area contributed by atoms with Crippen molar-refractivity contribution in [3.05, 3.63) is 52.8 Å². The summed E-state index contributed by atoms with van der Waals surface area (Å²) in [5, 5.41) is 2.71. The van der Waals surface area contributed by atoms with Crippen LogP contribution >= 0.6 is 11.6 Å². The van der Waals surface area contributed by atoms with Gasteiger partial charge in [-0.1, -0.05) is 17.7 Å². The Morgan fingerprint density at radius 1 is 1.26 bits per heavy atom. The number of halogens is 2. The van der Waals surface area contributed by atoms with Crippen LogP contribution in [0.25, 0.3) is 0 Å². The number of anilines is 1. The second-order valence-electron chi connectivity index (χ2n) is 5.81. The zero-order valence-electron chi connectivity index (χ0n) is 15.1. The summed E-state index contributed by atoms with van der Waals surface area (Å²) in [6.45, 7) is 2.02. The van der Waals surface area contributed by atoms with E-state index >= 15 is 0 Å². The van der Waals surface area contributed by atoms with Crippen molar-refractivity contribution >= 4 is 33.2 Å². The van der Waals surface area contributed by atoms with Crippen LogP contribution in [-0.2, 0) is 21.2 Å². The predicted molar refractivity (Wildman–Crippen MR) is 102 cm³/mol. The molecular weight excluding hydrogens is 395 g/mol. The molecule has 9 heteroatoms. The van der Waals surface area contributed by atoms with Crippen LogP contribution in [0.5, 0.6) is 5.75 Å². The van der Waals surface area contributed by atoms with Gasteiger partial charge in [0.15, 0.2) is 0 Å². The van der Waals surface area contributed by atoms with Gasteiger partial charge in [-0.3, -0.25) is 4.79 Å². The van der Waals surface area contributed by atoms with E-state index in [2.05, 4.69) is 5.32 Å². The molecule has 0 heterocycles. The van der Waals surface area contributed by atoms with Crippen molar-refractivity contribution in [2.75, 3.05) is 26.0 Å². The van der Waals surface area contributed by atoms with Crippen LogP contribution in [0, 0.1) is 5.82 Å². The third-order valence-corrected chi connectivity index (χ3v) is 5.88. The molecule has 0 spiro atoms. The Labute approximate surface area is 162 Å². The third kappa shape index (κ3) is 4.97. The molecule has 0 aliphatic carbocycles. The first-order valence-corrected chi connectivity index (χ1v) is 9.90. The van der Waals surface area contributed by atoms with Crippen molar-refractivity contribution in [3.63, 3.8) is 0 Å². The highest BCUT2D eigenvalue weighted by molar-refractivity contribution is 7.89. The van der Waals surface area contributed by atoms with Crippen molar-refractivity contribution in [3.8, 4) is 5.75 Å². The molecule has 0 unspecified atom stereocenters. The second-order valence-corrected chi connectivity index (χ2v) is 8.33. The maximum absolute atomic E-state index is 13.8. The van der Waals surface area contributed by atoms with Gasteiger partial charge in [-0.2, -0.15) is 0 Å². The fourth-order valence-electron chi connectivity index (χ4n) is 2.33. The molecule has 0 fully saturated rings. The molecule has 1 amide bonds. The van der Waals surface area contributed by atoms with Crippen LogP contribution in [0.15, 0.2) is 41.3 Å². The van der Waals surface area contributed by atoms with E-state index in [0.717, 1.165) is 4.31 Å². The highest BCUT2D eigenvalue weighted by Gasteiger charge is 2.23. The van der Waals surface area contributed by atoms with Crippen molar-refractivity contribution in [1.82, 2.24) is 4.31 Å². The minimum absolute atomic E-state index is 0.0729. The molecule has 0 saturated carbocycles. The van der Waals surface area contributed by atoms with E-state index in [0.29, 0.717) is 0 Å². The van der Waals surface area contributed by atoms with Gasteiger partial charge in [-0.25, -0.2) is 17.1 Å². The number of carbonyl (C=O) groups is 1. The summed E-state index contributed by atoms with van der Waals surface area (Å²) in [5.41, 5.74) is 0.320. The number of rotatable bonds is 7. The van der Waals surface area contributed by atoms with Gasteiger partial charge in [-0.05, 0) is 37.3 Å². The smallest absolute Gasteiger partial charge is 0.246 e. The van der Waals surface area contributed by atoms with E-state index < -0.39 is 21.7 Å². The van der Waals surface area contributed by atoms with Crippen molar-refractivity contribution < 1.29 is 22.3 Å². The average Bonchev–Trinajstić information content (AvgIpc) is 2.59. The summed E-state index contributed by atoms with van der Waals surface area (Å²) in [5.74, 6) is -0.930. The molecule has 0 bridgehead atoms. The average molecular weight is 415 g/mol. The number of nitrogens with one attached hydrogen (secondary N) is 1. The molecule has 2 aromatic rings. The van der Waals surface area contributed by atoms with Gasteiger partial charge in [0.1, 0.15) is 16.5 Å². The molecule has 2 rings (SSSR count). The van der Waals surface area contributed by atoms with Gasteiger partial charge >= 0.3 is 0 Å². The number of sulfonamides is 1. The molecule has 2 aromatic carbocycles. The molecule has 6 nitrogen and oxygen atoms in total. The number of amides is 1. The summed E-state index contributed by atoms with van der Waals surface area (Å²) in [6, 6.07) is 8.44. The van der Waals surface area contributed by atoms with Crippen LogP contribution in [-0.4, -0.2) is 39.3 Å². The number of carbonyl (C=O) groups excluding carboxylic acids is 1. The van der Waals surface area contributed by atoms with E-state index in [9.17, 15) is 17.6 Å². The summed E-state index contributed by atoms with van der Waals surface area (Å²) in [7, 11) is -0.986. The zero-order chi connectivity index (χ0) is 20.2. The molecule has 0 aliphatic rings. The first kappa shape index (κ1) is 21.1. The SMILES string of the molecule is CCOc1ccc(NC(=O)Cc2c(F)cccc2Cl)cc1S(=O)(=O)N(C)C. The summed E-state index contributed by atoms with van der Waals surface area (Å²) in [6.07, 6.45) is -0.283. The van der Waals surface area contributed by atoms with Gasteiger partial charge in [0.2, 0.25) is 15.9 Å². The lowest BCUT2D eigenvalue weighted by Gasteiger charge is -2.16. The van der Waals surface area contributed by atoms with Gasteiger partial charge in [0, 0.05) is 30.4 Å². The van der Waals surface area contributed by atoms with Crippen LogP contribution < -0.4 is 10.1 Å². The highest BCUT2D eigenvalue weighted by Crippen LogP contribution is 2.29. The normalized spacial score (nSPS) is 11.5. The molecule has 0 radical (unpaired) electrons. The zero-order valence-corrected chi connectivity index (χ0v) is 16.7. The summed E-state index contributed by atoms with van der Waals surface area (Å²) >= 11 is 5.93. The predicted octanol–water partition coefficient (Wildman–Crippen LogP) is 3.31. The largest absolute Gasteiger partial charge is 0.492 e. The standard InChI is InChI=1S/C18H20ClFN2O4S/c1-4-26-16-9-8-12(10-17(16)27(24,25)22(2)3)21-18(23)11-13-14(19)6-5-7-15(13)20/h5-10H,4,11H2,1-3H3,(H,21,23). The van der Waals surface area contributed by atoms with Crippen LogP contribution in [0.3, 0.4) is 0 Å². The monoisotopic (exact) mass is 414 g/mol. The quantitative estimate of drug-likeness (QED) is 0.754. The summed E-state index contributed by atoms with van der Waals surface area (Å²) in [4.78, 5) is 12.2. The molecule has 0 atom stereocenters. The van der Waals surface area contributed by atoms with Crippen LogP contribution in [0.2, 0.25) is 5.02 Å². The molecular formula is C18H20ClFN2O4S. The molecule has 0 saturated heterocycles. The molecule has 1 N–H and O–H groups in total. The number of hydrogen-bond donors (Lipinski definition) is 1. The molecule has 0 aromatic heterocycles. The topological polar surface area (TPSA) is 75.7 Å². The van der Waals surface area contributed by atoms with Gasteiger partial charge in [0.05, 0.1) is 13.0 Å². The van der Waals surface area contributed by atoms with Gasteiger partial charge in [-0.15, -0.1) is 0 Å². The first-order chi connectivity index (χ1) is 12.7. The van der Waals surface area contributed by atoms with Gasteiger partial charge in [0.25, 0.3) is 0 Å². The minimum atomic E-state index is -3.78. The number of benzene rings is 2. The lowest BCUT2D eigenvalue weighted by Crippen LogP contribution is -2.23. The second kappa shape index (κ2) is 8.69. The number of nitrogens with zero attached hydrogens (tertiary/aromatic N) is 1. The Kier molecular flexibility index (Phi) is 6.80.